The van der Waals surface area contributed by atoms with Gasteiger partial charge < -0.3 is 9.84 Å². The minimum Gasteiger partial charge on any atom is -0.339 e. The number of benzene rings is 1. The lowest BCUT2D eigenvalue weighted by Gasteiger charge is -2.12. The first-order valence-corrected chi connectivity index (χ1v) is 7.40. The number of rotatable bonds is 6. The van der Waals surface area contributed by atoms with E-state index in [1.165, 1.54) is 0 Å². The molecule has 1 aromatic carbocycles. The molecule has 6 heteroatoms. The number of nitrogens with zero attached hydrogens (tertiary/aromatic N) is 2. The van der Waals surface area contributed by atoms with Gasteiger partial charge in [-0.2, -0.15) is 4.98 Å². The van der Waals surface area contributed by atoms with Crippen LogP contribution in [0, 0.1) is 0 Å². The van der Waals surface area contributed by atoms with Crippen LogP contribution in [0.4, 0.5) is 0 Å². The number of likely N-dealkylation sites (N-methyl/N-ethyl adjacent to an activating group) is 1. The van der Waals surface area contributed by atoms with Crippen molar-refractivity contribution in [3.8, 4) is 11.4 Å². The molecule has 108 valence electrons. The zero-order chi connectivity index (χ0) is 14.5. The van der Waals surface area contributed by atoms with Crippen molar-refractivity contribution in [3.63, 3.8) is 0 Å². The number of hydrogen-bond donors (Lipinski definition) is 1. The third-order valence-corrected chi connectivity index (χ3v) is 3.43. The van der Waals surface area contributed by atoms with E-state index in [0.29, 0.717) is 34.2 Å². The van der Waals surface area contributed by atoms with Crippen molar-refractivity contribution in [1.82, 2.24) is 15.5 Å². The molecule has 2 rings (SSSR count). The Morgan fingerprint density at radius 2 is 1.90 bits per heavy atom. The number of hydrogen-bond acceptors (Lipinski definition) is 4. The van der Waals surface area contributed by atoms with Crippen molar-refractivity contribution < 1.29 is 4.52 Å². The number of aromatic nitrogens is 2. The van der Waals surface area contributed by atoms with Gasteiger partial charge in [-0.25, -0.2) is 0 Å². The Bertz CT molecular complexity index is 551. The maximum absolute atomic E-state index is 5.97. The van der Waals surface area contributed by atoms with Crippen molar-refractivity contribution in [3.05, 3.63) is 34.1 Å². The highest BCUT2D eigenvalue weighted by Crippen LogP contribution is 2.25. The first-order chi connectivity index (χ1) is 9.62. The van der Waals surface area contributed by atoms with Gasteiger partial charge in [0, 0.05) is 28.1 Å². The minimum atomic E-state index is 0.344. The second-order valence-electron chi connectivity index (χ2n) is 4.54. The monoisotopic (exact) mass is 313 g/mol. The van der Waals surface area contributed by atoms with Crippen LogP contribution in [0.25, 0.3) is 11.4 Å². The summed E-state index contributed by atoms with van der Waals surface area (Å²) in [5.41, 5.74) is 0.758. The van der Waals surface area contributed by atoms with Crippen molar-refractivity contribution in [2.45, 2.75) is 32.7 Å². The fourth-order valence-corrected chi connectivity index (χ4v) is 2.52. The molecule has 1 heterocycles. The maximum Gasteiger partial charge on any atom is 0.228 e. The van der Waals surface area contributed by atoms with E-state index in [2.05, 4.69) is 29.3 Å². The van der Waals surface area contributed by atoms with Gasteiger partial charge in [-0.05, 0) is 31.2 Å². The third-order valence-electron chi connectivity index (χ3n) is 3.00. The lowest BCUT2D eigenvalue weighted by molar-refractivity contribution is 0.355. The zero-order valence-electron chi connectivity index (χ0n) is 11.5. The molecule has 0 amide bonds. The van der Waals surface area contributed by atoms with Crippen LogP contribution in [-0.2, 0) is 6.42 Å². The standard InChI is InChI=1S/C14H17Cl2N3O/c1-3-12(17-4-2)8-13-18-14(19-20-13)9-5-10(15)7-11(16)6-9/h5-7,12,17H,3-4,8H2,1-2H3. The number of halogens is 2. The smallest absolute Gasteiger partial charge is 0.228 e. The number of nitrogens with one attached hydrogen (secondary N) is 1. The Kier molecular flexibility index (Phi) is 5.40. The molecule has 1 atom stereocenters. The van der Waals surface area contributed by atoms with Gasteiger partial charge in [-0.15, -0.1) is 0 Å². The Morgan fingerprint density at radius 3 is 2.50 bits per heavy atom. The Morgan fingerprint density at radius 1 is 1.20 bits per heavy atom. The molecular weight excluding hydrogens is 297 g/mol. The molecule has 20 heavy (non-hydrogen) atoms. The van der Waals surface area contributed by atoms with Gasteiger partial charge in [0.25, 0.3) is 0 Å². The highest BCUT2D eigenvalue weighted by molar-refractivity contribution is 6.35. The van der Waals surface area contributed by atoms with Gasteiger partial charge in [0.1, 0.15) is 0 Å². The predicted octanol–water partition coefficient (Wildman–Crippen LogP) is 3.97. The van der Waals surface area contributed by atoms with E-state index in [9.17, 15) is 0 Å². The van der Waals surface area contributed by atoms with E-state index in [1.54, 1.807) is 18.2 Å². The Balaban J connectivity index is 2.15. The Labute approximate surface area is 128 Å². The van der Waals surface area contributed by atoms with Crippen LogP contribution in [0.15, 0.2) is 22.7 Å². The van der Waals surface area contributed by atoms with E-state index >= 15 is 0 Å². The lowest BCUT2D eigenvalue weighted by Crippen LogP contribution is -2.30. The molecule has 0 bridgehead atoms. The fraction of sp³-hybridized carbons (Fsp3) is 0.429. The van der Waals surface area contributed by atoms with Crippen molar-refractivity contribution >= 4 is 23.2 Å². The summed E-state index contributed by atoms with van der Waals surface area (Å²) in [6, 6.07) is 5.55. The summed E-state index contributed by atoms with van der Waals surface area (Å²) >= 11 is 11.9. The van der Waals surface area contributed by atoms with Crippen LogP contribution in [0.5, 0.6) is 0 Å². The summed E-state index contributed by atoms with van der Waals surface area (Å²) < 4.78 is 5.29. The van der Waals surface area contributed by atoms with Crippen LogP contribution >= 0.6 is 23.2 Å². The average Bonchev–Trinajstić information content (AvgIpc) is 2.85. The molecule has 0 saturated heterocycles. The maximum atomic E-state index is 5.97. The summed E-state index contributed by atoms with van der Waals surface area (Å²) in [7, 11) is 0. The van der Waals surface area contributed by atoms with E-state index in [4.69, 9.17) is 27.7 Å². The molecule has 0 aliphatic carbocycles. The average molecular weight is 314 g/mol. The third kappa shape index (κ3) is 3.95. The quantitative estimate of drug-likeness (QED) is 0.876. The molecule has 2 aromatic rings. The van der Waals surface area contributed by atoms with Crippen molar-refractivity contribution in [1.29, 1.82) is 0 Å². The summed E-state index contributed by atoms with van der Waals surface area (Å²) in [6.45, 7) is 5.13. The molecule has 1 unspecified atom stereocenters. The molecule has 0 aliphatic rings. The summed E-state index contributed by atoms with van der Waals surface area (Å²) in [5.74, 6) is 1.12. The fourth-order valence-electron chi connectivity index (χ4n) is 2.00. The van der Waals surface area contributed by atoms with Gasteiger partial charge in [0.05, 0.1) is 0 Å². The summed E-state index contributed by atoms with van der Waals surface area (Å²) in [6.07, 6.45) is 1.72. The molecule has 0 radical (unpaired) electrons. The van der Waals surface area contributed by atoms with E-state index < -0.39 is 0 Å². The molecule has 0 saturated carbocycles. The molecule has 1 aromatic heterocycles. The first-order valence-electron chi connectivity index (χ1n) is 6.64. The SMILES string of the molecule is CCNC(CC)Cc1nc(-c2cc(Cl)cc(Cl)c2)no1. The van der Waals surface area contributed by atoms with Gasteiger partial charge in [0.2, 0.25) is 11.7 Å². The Hall–Kier alpha value is -1.10. The highest BCUT2D eigenvalue weighted by atomic mass is 35.5. The highest BCUT2D eigenvalue weighted by Gasteiger charge is 2.14. The topological polar surface area (TPSA) is 51.0 Å². The van der Waals surface area contributed by atoms with Crippen molar-refractivity contribution in [2.75, 3.05) is 6.54 Å². The molecule has 0 aliphatic heterocycles. The lowest BCUT2D eigenvalue weighted by atomic mass is 10.1. The largest absolute Gasteiger partial charge is 0.339 e. The molecule has 0 spiro atoms. The predicted molar refractivity (Wildman–Crippen MR) is 81.2 cm³/mol. The summed E-state index contributed by atoms with van der Waals surface area (Å²) in [5, 5.41) is 8.47. The summed E-state index contributed by atoms with van der Waals surface area (Å²) in [4.78, 5) is 4.40. The zero-order valence-corrected chi connectivity index (χ0v) is 13.0. The molecular formula is C14H17Cl2N3O. The van der Waals surface area contributed by atoms with Gasteiger partial charge >= 0.3 is 0 Å². The van der Waals surface area contributed by atoms with Crippen LogP contribution in [0.2, 0.25) is 10.0 Å². The second-order valence-corrected chi connectivity index (χ2v) is 5.41. The van der Waals surface area contributed by atoms with Crippen LogP contribution in [0.3, 0.4) is 0 Å². The van der Waals surface area contributed by atoms with Gasteiger partial charge in [-0.1, -0.05) is 42.2 Å². The van der Waals surface area contributed by atoms with Gasteiger partial charge in [0.15, 0.2) is 0 Å². The van der Waals surface area contributed by atoms with Crippen LogP contribution in [0.1, 0.15) is 26.2 Å². The van der Waals surface area contributed by atoms with E-state index in [1.807, 2.05) is 0 Å². The van der Waals surface area contributed by atoms with Gasteiger partial charge in [-0.3, -0.25) is 0 Å². The van der Waals surface area contributed by atoms with Crippen LogP contribution in [-0.4, -0.2) is 22.7 Å². The minimum absolute atomic E-state index is 0.344. The normalized spacial score (nSPS) is 12.6. The van der Waals surface area contributed by atoms with E-state index in [-0.39, 0.29) is 0 Å². The van der Waals surface area contributed by atoms with Crippen LogP contribution < -0.4 is 5.32 Å². The first kappa shape index (κ1) is 15.3. The second kappa shape index (κ2) is 7.07. The van der Waals surface area contributed by atoms with E-state index in [0.717, 1.165) is 18.5 Å². The molecule has 0 fully saturated rings. The molecule has 4 nitrogen and oxygen atoms in total. The molecule has 1 N–H and O–H groups in total. The van der Waals surface area contributed by atoms with Crippen molar-refractivity contribution in [2.24, 2.45) is 0 Å².